The second kappa shape index (κ2) is 6.58. The minimum absolute atomic E-state index is 0.000535. The number of aryl methyl sites for hydroxylation is 2. The lowest BCUT2D eigenvalue weighted by Gasteiger charge is -2.17. The first-order valence-corrected chi connectivity index (χ1v) is 9.74. The van der Waals surface area contributed by atoms with Crippen molar-refractivity contribution >= 4 is 33.2 Å². The van der Waals surface area contributed by atoms with Crippen molar-refractivity contribution in [3.05, 3.63) is 50.6 Å². The summed E-state index contributed by atoms with van der Waals surface area (Å²) in [6.45, 7) is 4.00. The Balaban J connectivity index is 1.86. The lowest BCUT2D eigenvalue weighted by molar-refractivity contribution is 0.582. The van der Waals surface area contributed by atoms with Crippen LogP contribution in [0.2, 0.25) is 0 Å². The standard InChI is InChI=1S/C20H20N4OS/c1-12(2)24-19(25)17-15-5-3-4-6-16(15)26-18(17)23-20(24)22-14-9-7-13(11-21)8-10-14/h7-10,12H,3-6H2,1-2H3,(H,22,23). The third kappa shape index (κ3) is 2.78. The molecule has 132 valence electrons. The van der Waals surface area contributed by atoms with Gasteiger partial charge in [0.25, 0.3) is 5.56 Å². The van der Waals surface area contributed by atoms with Gasteiger partial charge in [0.05, 0.1) is 17.0 Å². The highest BCUT2D eigenvalue weighted by molar-refractivity contribution is 7.18. The minimum atomic E-state index is -0.000535. The van der Waals surface area contributed by atoms with Crippen molar-refractivity contribution in [1.29, 1.82) is 5.26 Å². The molecule has 4 rings (SSSR count). The predicted octanol–water partition coefficient (Wildman–Crippen LogP) is 4.53. The molecule has 2 heterocycles. The second-order valence-corrected chi connectivity index (χ2v) is 7.99. The molecule has 1 aliphatic rings. The third-order valence-electron chi connectivity index (χ3n) is 4.81. The second-order valence-electron chi connectivity index (χ2n) is 6.91. The number of aromatic nitrogens is 2. The van der Waals surface area contributed by atoms with E-state index >= 15 is 0 Å². The summed E-state index contributed by atoms with van der Waals surface area (Å²) < 4.78 is 1.74. The summed E-state index contributed by atoms with van der Waals surface area (Å²) in [6, 6.07) is 9.28. The molecule has 26 heavy (non-hydrogen) atoms. The highest BCUT2D eigenvalue weighted by Crippen LogP contribution is 2.35. The molecule has 1 aliphatic carbocycles. The van der Waals surface area contributed by atoms with Gasteiger partial charge in [0.15, 0.2) is 0 Å². The van der Waals surface area contributed by atoms with Crippen LogP contribution in [0.5, 0.6) is 0 Å². The molecule has 0 unspecified atom stereocenters. The monoisotopic (exact) mass is 364 g/mol. The first-order valence-electron chi connectivity index (χ1n) is 8.92. The Hall–Kier alpha value is -2.65. The Bertz CT molecular complexity index is 1070. The van der Waals surface area contributed by atoms with Crippen LogP contribution in [0.4, 0.5) is 11.6 Å². The number of hydrogen-bond acceptors (Lipinski definition) is 5. The molecule has 0 spiro atoms. The zero-order chi connectivity index (χ0) is 18.3. The fourth-order valence-electron chi connectivity index (χ4n) is 3.54. The largest absolute Gasteiger partial charge is 0.325 e. The average Bonchev–Trinajstić information content (AvgIpc) is 3.00. The molecule has 5 nitrogen and oxygen atoms in total. The van der Waals surface area contributed by atoms with Gasteiger partial charge in [-0.25, -0.2) is 4.98 Å². The molecule has 6 heteroatoms. The molecule has 0 atom stereocenters. The summed E-state index contributed by atoms with van der Waals surface area (Å²) in [5, 5.41) is 13.0. The van der Waals surface area contributed by atoms with Gasteiger partial charge in [-0.1, -0.05) is 0 Å². The van der Waals surface area contributed by atoms with E-state index in [1.807, 2.05) is 26.0 Å². The summed E-state index contributed by atoms with van der Waals surface area (Å²) in [5.41, 5.74) is 2.67. The maximum atomic E-state index is 13.3. The first kappa shape index (κ1) is 16.8. The summed E-state index contributed by atoms with van der Waals surface area (Å²) >= 11 is 1.66. The van der Waals surface area contributed by atoms with Crippen LogP contribution in [-0.2, 0) is 12.8 Å². The molecule has 1 N–H and O–H groups in total. The van der Waals surface area contributed by atoms with Gasteiger partial charge in [-0.15, -0.1) is 11.3 Å². The number of nitriles is 1. The number of nitrogens with zero attached hydrogens (tertiary/aromatic N) is 3. The van der Waals surface area contributed by atoms with Gasteiger partial charge in [0.2, 0.25) is 5.95 Å². The molecular weight excluding hydrogens is 344 g/mol. The number of rotatable bonds is 3. The fourth-order valence-corrected chi connectivity index (χ4v) is 4.79. The van der Waals surface area contributed by atoms with Crippen LogP contribution in [0.25, 0.3) is 10.2 Å². The van der Waals surface area contributed by atoms with Crippen molar-refractivity contribution in [2.45, 2.75) is 45.6 Å². The third-order valence-corrected chi connectivity index (χ3v) is 5.99. The van der Waals surface area contributed by atoms with E-state index in [2.05, 4.69) is 11.4 Å². The van der Waals surface area contributed by atoms with Crippen LogP contribution < -0.4 is 10.9 Å². The first-order chi connectivity index (χ1) is 12.6. The zero-order valence-corrected chi connectivity index (χ0v) is 15.7. The maximum absolute atomic E-state index is 13.3. The normalized spacial score (nSPS) is 13.6. The number of thiophene rings is 1. The van der Waals surface area contributed by atoms with Gasteiger partial charge < -0.3 is 5.32 Å². The SMILES string of the molecule is CC(C)n1c(Nc2ccc(C#N)cc2)nc2sc3c(c2c1=O)CCCC3. The number of fused-ring (bicyclic) bond motifs is 3. The van der Waals surface area contributed by atoms with Gasteiger partial charge in [-0.05, 0) is 69.4 Å². The smallest absolute Gasteiger partial charge is 0.264 e. The molecule has 0 saturated carbocycles. The number of benzene rings is 1. The molecule has 0 saturated heterocycles. The van der Waals surface area contributed by atoms with Crippen LogP contribution in [-0.4, -0.2) is 9.55 Å². The van der Waals surface area contributed by atoms with E-state index in [0.29, 0.717) is 11.5 Å². The van der Waals surface area contributed by atoms with Crippen molar-refractivity contribution in [1.82, 2.24) is 9.55 Å². The quantitative estimate of drug-likeness (QED) is 0.741. The van der Waals surface area contributed by atoms with E-state index in [0.717, 1.165) is 35.2 Å². The van der Waals surface area contributed by atoms with E-state index in [1.54, 1.807) is 28.0 Å². The molecule has 0 bridgehead atoms. The van der Waals surface area contributed by atoms with E-state index < -0.39 is 0 Å². The Labute approximate surface area is 155 Å². The molecule has 1 aromatic carbocycles. The summed E-state index contributed by atoms with van der Waals surface area (Å²) in [7, 11) is 0. The lowest BCUT2D eigenvalue weighted by Crippen LogP contribution is -2.26. The van der Waals surface area contributed by atoms with Crippen molar-refractivity contribution < 1.29 is 0 Å². The van der Waals surface area contributed by atoms with Crippen LogP contribution in [0, 0.1) is 11.3 Å². The molecule has 0 amide bonds. The van der Waals surface area contributed by atoms with Crippen LogP contribution >= 0.6 is 11.3 Å². The van der Waals surface area contributed by atoms with Gasteiger partial charge in [0, 0.05) is 16.6 Å². The Morgan fingerprint density at radius 3 is 2.65 bits per heavy atom. The Morgan fingerprint density at radius 2 is 1.96 bits per heavy atom. The van der Waals surface area contributed by atoms with Crippen molar-refractivity contribution in [3.8, 4) is 6.07 Å². The van der Waals surface area contributed by atoms with Gasteiger partial charge in [0.1, 0.15) is 4.83 Å². The van der Waals surface area contributed by atoms with Crippen molar-refractivity contribution in [3.63, 3.8) is 0 Å². The van der Waals surface area contributed by atoms with E-state index in [4.69, 9.17) is 10.2 Å². The zero-order valence-electron chi connectivity index (χ0n) is 14.9. The summed E-state index contributed by atoms with van der Waals surface area (Å²) in [5.74, 6) is 0.556. The minimum Gasteiger partial charge on any atom is -0.325 e. The number of nitrogens with one attached hydrogen (secondary N) is 1. The van der Waals surface area contributed by atoms with E-state index in [9.17, 15) is 4.79 Å². The molecular formula is C20H20N4OS. The van der Waals surface area contributed by atoms with Crippen molar-refractivity contribution in [2.75, 3.05) is 5.32 Å². The number of anilines is 2. The van der Waals surface area contributed by atoms with Gasteiger partial charge in [-0.3, -0.25) is 9.36 Å². The highest BCUT2D eigenvalue weighted by Gasteiger charge is 2.23. The highest BCUT2D eigenvalue weighted by atomic mass is 32.1. The van der Waals surface area contributed by atoms with Gasteiger partial charge in [-0.2, -0.15) is 5.26 Å². The summed E-state index contributed by atoms with van der Waals surface area (Å²) in [4.78, 5) is 20.2. The van der Waals surface area contributed by atoms with Crippen LogP contribution in [0.3, 0.4) is 0 Å². The van der Waals surface area contributed by atoms with Crippen LogP contribution in [0.1, 0.15) is 48.7 Å². The predicted molar refractivity (Wildman–Crippen MR) is 105 cm³/mol. The lowest BCUT2D eigenvalue weighted by atomic mass is 9.97. The molecule has 0 fully saturated rings. The topological polar surface area (TPSA) is 70.7 Å². The fraction of sp³-hybridized carbons (Fsp3) is 0.350. The molecule has 2 aromatic heterocycles. The Morgan fingerprint density at radius 1 is 1.23 bits per heavy atom. The molecule has 0 aliphatic heterocycles. The van der Waals surface area contributed by atoms with Crippen molar-refractivity contribution in [2.24, 2.45) is 0 Å². The average molecular weight is 364 g/mol. The number of hydrogen-bond donors (Lipinski definition) is 1. The molecule has 0 radical (unpaired) electrons. The molecule has 3 aromatic rings. The summed E-state index contributed by atoms with van der Waals surface area (Å²) in [6.07, 6.45) is 4.36. The Kier molecular flexibility index (Phi) is 4.25. The maximum Gasteiger partial charge on any atom is 0.264 e. The van der Waals surface area contributed by atoms with E-state index in [-0.39, 0.29) is 11.6 Å². The van der Waals surface area contributed by atoms with Crippen LogP contribution in [0.15, 0.2) is 29.1 Å². The van der Waals surface area contributed by atoms with Gasteiger partial charge >= 0.3 is 0 Å². The van der Waals surface area contributed by atoms with E-state index in [1.165, 1.54) is 16.9 Å².